The summed E-state index contributed by atoms with van der Waals surface area (Å²) < 4.78 is 32.8. The van der Waals surface area contributed by atoms with E-state index in [1.165, 1.54) is 24.2 Å². The number of fused-ring (bicyclic) bond motifs is 2. The molecule has 1 N–H and O–H groups in total. The first-order valence-electron chi connectivity index (χ1n) is 7.58. The molecule has 2 unspecified atom stereocenters. The zero-order valence-electron chi connectivity index (χ0n) is 11.8. The van der Waals surface area contributed by atoms with Crippen molar-refractivity contribution in [2.75, 3.05) is 13.1 Å². The summed E-state index contributed by atoms with van der Waals surface area (Å²) >= 11 is 1.53. The molecule has 7 heteroatoms. The van der Waals surface area contributed by atoms with Gasteiger partial charge >= 0.3 is 0 Å². The summed E-state index contributed by atoms with van der Waals surface area (Å²) in [6, 6.07) is 2.47. The molecule has 4 rings (SSSR count). The van der Waals surface area contributed by atoms with Gasteiger partial charge in [0.25, 0.3) is 0 Å². The summed E-state index contributed by atoms with van der Waals surface area (Å²) in [5, 5.41) is 5.20. The molecule has 3 fully saturated rings. The molecule has 3 aliphatic rings. The maximum Gasteiger partial charge on any atom is 0.244 e. The highest BCUT2D eigenvalue weighted by atomic mass is 32.2. The molecule has 2 aliphatic heterocycles. The predicted octanol–water partition coefficient (Wildman–Crippen LogP) is 1.55. The minimum atomic E-state index is -3.35. The van der Waals surface area contributed by atoms with Gasteiger partial charge < -0.3 is 10.1 Å². The molecule has 2 atom stereocenters. The van der Waals surface area contributed by atoms with E-state index in [1.807, 2.05) is 6.07 Å². The fourth-order valence-corrected chi connectivity index (χ4v) is 5.76. The van der Waals surface area contributed by atoms with Crippen molar-refractivity contribution < 1.29 is 13.2 Å². The van der Waals surface area contributed by atoms with Crippen LogP contribution in [0.25, 0.3) is 0 Å². The normalized spacial score (nSPS) is 29.9. The summed E-state index contributed by atoms with van der Waals surface area (Å²) in [7, 11) is -3.35. The molecule has 2 saturated heterocycles. The van der Waals surface area contributed by atoms with Gasteiger partial charge in [0.2, 0.25) is 10.0 Å². The van der Waals surface area contributed by atoms with E-state index in [0.717, 1.165) is 24.3 Å². The highest BCUT2D eigenvalue weighted by Crippen LogP contribution is 2.31. The smallest absolute Gasteiger partial charge is 0.244 e. The van der Waals surface area contributed by atoms with E-state index >= 15 is 0 Å². The lowest BCUT2D eigenvalue weighted by atomic mass is 10.2. The number of hydrogen-bond donors (Lipinski definition) is 1. The molecule has 1 saturated carbocycles. The van der Waals surface area contributed by atoms with Crippen molar-refractivity contribution in [2.45, 2.75) is 55.4 Å². The Morgan fingerprint density at radius 2 is 1.95 bits per heavy atom. The monoisotopic (exact) mass is 328 g/mol. The molecule has 5 nitrogen and oxygen atoms in total. The maximum atomic E-state index is 12.7. The van der Waals surface area contributed by atoms with E-state index in [9.17, 15) is 8.42 Å². The Bertz CT molecular complexity index is 612. The van der Waals surface area contributed by atoms with Crippen LogP contribution in [0.2, 0.25) is 0 Å². The Hall–Kier alpha value is -0.470. The Morgan fingerprint density at radius 1 is 1.24 bits per heavy atom. The van der Waals surface area contributed by atoms with Gasteiger partial charge in [-0.3, -0.25) is 0 Å². The fraction of sp³-hybridized carbons (Fsp3) is 0.714. The summed E-state index contributed by atoms with van der Waals surface area (Å²) in [5.41, 5.74) is 0. The molecule has 3 heterocycles. The highest BCUT2D eigenvalue weighted by molar-refractivity contribution is 7.89. The lowest BCUT2D eigenvalue weighted by molar-refractivity contribution is -0.0114. The second-order valence-corrected chi connectivity index (χ2v) is 9.12. The summed E-state index contributed by atoms with van der Waals surface area (Å²) in [4.78, 5) is 1.54. The van der Waals surface area contributed by atoms with Crippen molar-refractivity contribution >= 4 is 21.4 Å². The number of hydrogen-bond acceptors (Lipinski definition) is 5. The van der Waals surface area contributed by atoms with Crippen molar-refractivity contribution in [3.05, 3.63) is 16.3 Å². The van der Waals surface area contributed by atoms with Crippen LogP contribution in [0.3, 0.4) is 0 Å². The summed E-state index contributed by atoms with van der Waals surface area (Å²) in [6.45, 7) is 1.79. The van der Waals surface area contributed by atoms with Gasteiger partial charge in [-0.05, 0) is 31.7 Å². The molecule has 0 spiro atoms. The minimum absolute atomic E-state index is 0.0909. The molecular formula is C14H20N2O3S2. The number of nitrogens with zero attached hydrogens (tertiary/aromatic N) is 1. The van der Waals surface area contributed by atoms with Crippen molar-refractivity contribution in [3.63, 3.8) is 0 Å². The largest absolute Gasteiger partial charge is 0.372 e. The summed E-state index contributed by atoms with van der Waals surface area (Å²) in [6.07, 6.45) is 4.63. The first-order valence-corrected chi connectivity index (χ1v) is 9.89. The quantitative estimate of drug-likeness (QED) is 0.891. The van der Waals surface area contributed by atoms with E-state index in [0.29, 0.717) is 24.0 Å². The van der Waals surface area contributed by atoms with Crippen molar-refractivity contribution in [1.82, 2.24) is 9.62 Å². The zero-order chi connectivity index (χ0) is 14.4. The van der Waals surface area contributed by atoms with Crippen LogP contribution < -0.4 is 5.32 Å². The van der Waals surface area contributed by atoms with Crippen LogP contribution in [0.15, 0.2) is 16.3 Å². The Kier molecular flexibility index (Phi) is 3.58. The van der Waals surface area contributed by atoms with Gasteiger partial charge in [0.05, 0.1) is 17.1 Å². The average Bonchev–Trinajstić information content (AvgIpc) is 3.07. The van der Waals surface area contributed by atoms with Gasteiger partial charge in [0.15, 0.2) is 0 Å². The van der Waals surface area contributed by atoms with Crippen molar-refractivity contribution in [3.8, 4) is 0 Å². The van der Waals surface area contributed by atoms with E-state index in [2.05, 4.69) is 5.32 Å². The molecule has 2 bridgehead atoms. The third-order valence-corrected chi connectivity index (χ3v) is 7.32. The first kappa shape index (κ1) is 14.1. The highest BCUT2D eigenvalue weighted by Gasteiger charge is 2.39. The topological polar surface area (TPSA) is 58.6 Å². The molecule has 1 aromatic rings. The molecule has 21 heavy (non-hydrogen) atoms. The van der Waals surface area contributed by atoms with Crippen LogP contribution in [-0.2, 0) is 21.3 Å². The average molecular weight is 328 g/mol. The Balaban J connectivity index is 1.48. The van der Waals surface area contributed by atoms with E-state index in [4.69, 9.17) is 4.74 Å². The van der Waals surface area contributed by atoms with Gasteiger partial charge in [0, 0.05) is 35.9 Å². The van der Waals surface area contributed by atoms with E-state index < -0.39 is 10.0 Å². The van der Waals surface area contributed by atoms with Gasteiger partial charge in [-0.1, -0.05) is 0 Å². The number of nitrogens with one attached hydrogen (secondary N) is 1. The zero-order valence-corrected chi connectivity index (χ0v) is 13.5. The van der Waals surface area contributed by atoms with Gasteiger partial charge in [-0.2, -0.15) is 4.31 Å². The van der Waals surface area contributed by atoms with Gasteiger partial charge in [-0.15, -0.1) is 11.3 Å². The number of rotatable bonds is 5. The second-order valence-electron chi connectivity index (χ2n) is 6.18. The maximum absolute atomic E-state index is 12.7. The molecular weight excluding hydrogens is 308 g/mol. The van der Waals surface area contributed by atoms with Gasteiger partial charge in [0.1, 0.15) is 0 Å². The number of ether oxygens (including phenoxy) is 1. The lowest BCUT2D eigenvalue weighted by Crippen LogP contribution is -2.45. The number of thiophene rings is 1. The first-order chi connectivity index (χ1) is 10.1. The standard InChI is InChI=1S/C14H20N2O3S2/c17-21(18,16-7-11-3-4-12(8-16)19-11)14-5-13(20-9-14)6-15-10-1-2-10/h5,9-12,15H,1-4,6-8H2. The lowest BCUT2D eigenvalue weighted by Gasteiger charge is -2.30. The van der Waals surface area contributed by atoms with Crippen molar-refractivity contribution in [2.24, 2.45) is 0 Å². The predicted molar refractivity (Wildman–Crippen MR) is 80.8 cm³/mol. The van der Waals surface area contributed by atoms with Crippen LogP contribution in [-0.4, -0.2) is 44.1 Å². The fourth-order valence-electron chi connectivity index (χ4n) is 3.04. The molecule has 0 radical (unpaired) electrons. The SMILES string of the molecule is O=S(=O)(c1csc(CNC2CC2)c1)N1CC2CCC(C1)O2. The van der Waals surface area contributed by atoms with Crippen LogP contribution in [0.5, 0.6) is 0 Å². The third kappa shape index (κ3) is 2.90. The second kappa shape index (κ2) is 5.31. The van der Waals surface area contributed by atoms with E-state index in [-0.39, 0.29) is 12.2 Å². The van der Waals surface area contributed by atoms with E-state index in [1.54, 1.807) is 9.69 Å². The van der Waals surface area contributed by atoms with Gasteiger partial charge in [-0.25, -0.2) is 8.42 Å². The van der Waals surface area contributed by atoms with Crippen LogP contribution in [0.4, 0.5) is 0 Å². The number of sulfonamides is 1. The van der Waals surface area contributed by atoms with Crippen LogP contribution in [0.1, 0.15) is 30.6 Å². The Labute approximate surface area is 129 Å². The molecule has 1 aliphatic carbocycles. The minimum Gasteiger partial charge on any atom is -0.372 e. The molecule has 116 valence electrons. The van der Waals surface area contributed by atoms with Crippen LogP contribution in [0, 0.1) is 0 Å². The summed E-state index contributed by atoms with van der Waals surface area (Å²) in [5.74, 6) is 0. The number of morpholine rings is 1. The van der Waals surface area contributed by atoms with Crippen LogP contribution >= 0.6 is 11.3 Å². The third-order valence-electron chi connectivity index (χ3n) is 4.42. The molecule has 0 amide bonds. The molecule has 1 aromatic heterocycles. The van der Waals surface area contributed by atoms with Crippen molar-refractivity contribution in [1.29, 1.82) is 0 Å². The Morgan fingerprint density at radius 3 is 2.62 bits per heavy atom. The molecule has 0 aromatic carbocycles.